The summed E-state index contributed by atoms with van der Waals surface area (Å²) in [5.74, 6) is -8.61. The Bertz CT molecular complexity index is 1940. The number of hydrogen-bond donors (Lipinski definition) is 6. The van der Waals surface area contributed by atoms with Crippen LogP contribution in [0.3, 0.4) is 0 Å². The number of benzene rings is 2. The second kappa shape index (κ2) is 17.1. The minimum Gasteiger partial charge on any atom is -0.507 e. The van der Waals surface area contributed by atoms with Gasteiger partial charge in [0.2, 0.25) is 0 Å². The number of carbonyl (C=O) groups excluding carboxylic acids is 3. The van der Waals surface area contributed by atoms with E-state index < -0.39 is 88.8 Å². The number of ether oxygens (including phenoxy) is 4. The Hall–Kier alpha value is -5.12. The van der Waals surface area contributed by atoms with Gasteiger partial charge >= 0.3 is 11.8 Å². The minimum atomic E-state index is -2.05. The summed E-state index contributed by atoms with van der Waals surface area (Å²) in [6.45, 7) is 14.2. The van der Waals surface area contributed by atoms with Crippen molar-refractivity contribution in [2.45, 2.75) is 92.5 Å². The van der Waals surface area contributed by atoms with Crippen LogP contribution >= 0.6 is 0 Å². The van der Waals surface area contributed by atoms with Gasteiger partial charge in [-0.05, 0) is 26.8 Å². The largest absolute Gasteiger partial charge is 0.507 e. The number of phenols is 3. The first-order valence-electron chi connectivity index (χ1n) is 18.1. The van der Waals surface area contributed by atoms with E-state index in [2.05, 4.69) is 10.5 Å². The maximum absolute atomic E-state index is 14.2. The van der Waals surface area contributed by atoms with Crippen molar-refractivity contribution in [1.82, 2.24) is 0 Å². The van der Waals surface area contributed by atoms with Gasteiger partial charge in [0.25, 0.3) is 11.7 Å². The zero-order valence-electron chi connectivity index (χ0n) is 32.7. The number of anilines is 1. The van der Waals surface area contributed by atoms with Crippen LogP contribution in [-0.4, -0.2) is 93.3 Å². The molecule has 9 atom stereocenters. The fourth-order valence-electron chi connectivity index (χ4n) is 7.04. The Morgan fingerprint density at radius 2 is 1.65 bits per heavy atom. The van der Waals surface area contributed by atoms with Crippen molar-refractivity contribution >= 4 is 40.3 Å². The van der Waals surface area contributed by atoms with Crippen LogP contribution < -0.4 is 10.1 Å². The zero-order chi connectivity index (χ0) is 41.1. The van der Waals surface area contributed by atoms with Crippen LogP contribution in [0.2, 0.25) is 0 Å². The van der Waals surface area contributed by atoms with E-state index in [1.165, 1.54) is 53.2 Å². The number of oxime groups is 1. The van der Waals surface area contributed by atoms with Crippen molar-refractivity contribution in [1.29, 1.82) is 0 Å². The Balaban J connectivity index is 1.97. The van der Waals surface area contributed by atoms with E-state index in [1.807, 2.05) is 0 Å². The maximum Gasteiger partial charge on any atom is 0.312 e. The van der Waals surface area contributed by atoms with Crippen LogP contribution in [0.5, 0.6) is 23.0 Å². The van der Waals surface area contributed by atoms with Gasteiger partial charge in [-0.15, -0.1) is 0 Å². The molecule has 1 amide bonds. The lowest BCUT2D eigenvalue weighted by Crippen LogP contribution is -2.46. The van der Waals surface area contributed by atoms with Gasteiger partial charge in [-0.2, -0.15) is 0 Å². The molecule has 55 heavy (non-hydrogen) atoms. The van der Waals surface area contributed by atoms with Crippen LogP contribution in [0, 0.1) is 30.6 Å². The molecular weight excluding hydrogens is 716 g/mol. The minimum absolute atomic E-state index is 0.0345. The van der Waals surface area contributed by atoms with Gasteiger partial charge in [0.15, 0.2) is 5.75 Å². The van der Waals surface area contributed by atoms with E-state index in [4.69, 9.17) is 23.8 Å². The topological polar surface area (TPSA) is 223 Å². The van der Waals surface area contributed by atoms with Crippen molar-refractivity contribution in [2.75, 3.05) is 19.0 Å². The van der Waals surface area contributed by atoms with Crippen LogP contribution in [0.15, 0.2) is 41.3 Å². The second-order valence-electron chi connectivity index (χ2n) is 14.3. The van der Waals surface area contributed by atoms with Crippen molar-refractivity contribution in [3.05, 3.63) is 52.8 Å². The molecule has 3 aliphatic rings. The van der Waals surface area contributed by atoms with Crippen LogP contribution in [0.4, 0.5) is 5.69 Å². The molecule has 0 saturated heterocycles. The molecule has 2 aromatic rings. The van der Waals surface area contributed by atoms with Crippen LogP contribution in [-0.2, 0) is 28.6 Å². The predicted molar refractivity (Wildman–Crippen MR) is 203 cm³/mol. The number of hydrogen-bond acceptors (Lipinski definition) is 14. The molecule has 15 nitrogen and oxygen atoms in total. The molecule has 3 aliphatic heterocycles. The molecule has 0 aromatic heterocycles. The fourth-order valence-corrected chi connectivity index (χ4v) is 7.04. The highest BCUT2D eigenvalue weighted by Crippen LogP contribution is 2.55. The predicted octanol–water partition coefficient (Wildman–Crippen LogP) is 5.12. The fraction of sp³-hybridized carbons (Fsp3) is 0.500. The number of methoxy groups -OCH3 is 1. The van der Waals surface area contributed by atoms with Gasteiger partial charge in [0, 0.05) is 61.2 Å². The van der Waals surface area contributed by atoms with Gasteiger partial charge < -0.3 is 54.6 Å². The molecular formula is C40H52N2O13. The smallest absolute Gasteiger partial charge is 0.312 e. The number of Topliss-reactive ketones (excluding diaryl/α,β-unsaturated/α-hetero) is 1. The first-order valence-corrected chi connectivity index (χ1v) is 18.1. The first kappa shape index (κ1) is 42.6. The summed E-state index contributed by atoms with van der Waals surface area (Å²) in [5, 5.41) is 63.3. The third-order valence-electron chi connectivity index (χ3n) is 10.4. The number of fused-ring (bicyclic) bond motifs is 14. The molecule has 9 unspecified atom stereocenters. The molecule has 15 heteroatoms. The molecule has 6 N–H and O–H groups in total. The van der Waals surface area contributed by atoms with E-state index in [1.54, 1.807) is 46.8 Å². The SMILES string of the molecule is CCO/N=C/c1c2c(O)c3c(O)c(C)c4c(c3c1O)C(=O)C(C)(O/C=C/C(OC)C(C)C(OC(C)=O)C(C)C(O)C(C)C(O)C(C)/C=C/C=C(C)C(=O)N2)O4. The average Bonchev–Trinajstić information content (AvgIpc) is 3.41. The van der Waals surface area contributed by atoms with Crippen molar-refractivity contribution in [3.8, 4) is 23.0 Å². The third-order valence-corrected chi connectivity index (χ3v) is 10.4. The number of allylic oxidation sites excluding steroid dienone is 2. The van der Waals surface area contributed by atoms with E-state index in [9.17, 15) is 39.9 Å². The Morgan fingerprint density at radius 1 is 0.982 bits per heavy atom. The summed E-state index contributed by atoms with van der Waals surface area (Å²) < 4.78 is 23.4. The summed E-state index contributed by atoms with van der Waals surface area (Å²) >= 11 is 0. The lowest BCUT2D eigenvalue weighted by atomic mass is 9.78. The number of rotatable bonds is 5. The van der Waals surface area contributed by atoms with E-state index >= 15 is 0 Å². The molecule has 0 radical (unpaired) electrons. The van der Waals surface area contributed by atoms with Gasteiger partial charge in [0.1, 0.15) is 30.0 Å². The number of nitrogens with zero attached hydrogens (tertiary/aromatic N) is 1. The van der Waals surface area contributed by atoms with E-state index in [0.717, 1.165) is 6.21 Å². The van der Waals surface area contributed by atoms with Gasteiger partial charge in [0.05, 0.1) is 53.0 Å². The van der Waals surface area contributed by atoms with Crippen molar-refractivity contribution in [2.24, 2.45) is 28.8 Å². The number of aromatic hydroxyl groups is 3. The second-order valence-corrected chi connectivity index (χ2v) is 14.3. The lowest BCUT2D eigenvalue weighted by Gasteiger charge is -2.38. The summed E-state index contributed by atoms with van der Waals surface area (Å²) in [5.41, 5.74) is -0.610. The molecule has 3 heterocycles. The number of aliphatic hydroxyl groups is 2. The number of carbonyl (C=O) groups is 3. The number of phenolic OH excluding ortho intramolecular Hbond substituents is 3. The highest BCUT2D eigenvalue weighted by atomic mass is 16.7. The van der Waals surface area contributed by atoms with Crippen LogP contribution in [0.25, 0.3) is 10.8 Å². The Labute approximate surface area is 319 Å². The monoisotopic (exact) mass is 768 g/mol. The molecule has 300 valence electrons. The van der Waals surface area contributed by atoms with Crippen LogP contribution in [0.1, 0.15) is 76.9 Å². The molecule has 2 aromatic carbocycles. The number of nitrogens with one attached hydrogen (secondary N) is 1. The normalized spacial score (nSPS) is 30.4. The van der Waals surface area contributed by atoms with E-state index in [0.29, 0.717) is 0 Å². The highest BCUT2D eigenvalue weighted by Gasteiger charge is 2.50. The molecule has 5 rings (SSSR count). The number of ketones is 1. The van der Waals surface area contributed by atoms with Crippen molar-refractivity contribution in [3.63, 3.8) is 0 Å². The lowest BCUT2D eigenvalue weighted by molar-refractivity contribution is -0.160. The van der Waals surface area contributed by atoms with Crippen molar-refractivity contribution < 1.29 is 63.7 Å². The first-order chi connectivity index (χ1) is 25.8. The molecule has 0 spiro atoms. The Morgan fingerprint density at radius 3 is 2.27 bits per heavy atom. The standard InChI is InChI=1S/C40H52N2O13/c1-11-53-41-17-25-30-35(48)28-27(34(25)47)29-37(23(7)33(28)46)55-40(9,38(29)49)52-16-15-26(51-10)20(4)36(54-24(8)43)22(6)32(45)21(5)31(44)18(2)13-12-14-19(3)39(50)42-30/h12-18,20-22,26,31-32,36,44-48H,11H2,1-10H3,(H,42,50)/b13-12+,16-15+,19-14?,41-17+. The summed E-state index contributed by atoms with van der Waals surface area (Å²) in [4.78, 5) is 45.1. The molecule has 0 saturated carbocycles. The molecule has 0 fully saturated rings. The molecule has 0 aliphatic carbocycles. The number of esters is 1. The summed E-state index contributed by atoms with van der Waals surface area (Å²) in [7, 11) is 1.42. The zero-order valence-corrected chi connectivity index (χ0v) is 32.7. The quantitative estimate of drug-likeness (QED) is 0.0765. The average molecular weight is 769 g/mol. The van der Waals surface area contributed by atoms with Gasteiger partial charge in [-0.3, -0.25) is 14.4 Å². The maximum atomic E-state index is 14.2. The van der Waals surface area contributed by atoms with Gasteiger partial charge in [-0.25, -0.2) is 0 Å². The summed E-state index contributed by atoms with van der Waals surface area (Å²) in [6.07, 6.45) is 4.49. The summed E-state index contributed by atoms with van der Waals surface area (Å²) in [6, 6.07) is 0. The number of amides is 1. The highest BCUT2D eigenvalue weighted by molar-refractivity contribution is 6.23. The third kappa shape index (κ3) is 8.28. The molecule has 5 bridgehead atoms. The Kier molecular flexibility index (Phi) is 13.3. The van der Waals surface area contributed by atoms with Gasteiger partial charge in [-0.1, -0.05) is 51.1 Å². The number of aliphatic hydroxyl groups excluding tert-OH is 2. The van der Waals surface area contributed by atoms with E-state index in [-0.39, 0.29) is 51.1 Å².